The molecule has 0 aliphatic rings. The van der Waals surface area contributed by atoms with Crippen LogP contribution in [0, 0.1) is 0 Å². The van der Waals surface area contributed by atoms with Gasteiger partial charge in [-0.1, -0.05) is 207 Å². The lowest BCUT2D eigenvalue weighted by molar-refractivity contribution is -0.166. The molecule has 0 heterocycles. The summed E-state index contributed by atoms with van der Waals surface area (Å²) in [4.78, 5) is 37.6. The summed E-state index contributed by atoms with van der Waals surface area (Å²) in [5, 5.41) is 0. The normalized spacial score (nSPS) is 13.0. The molecule has 0 rings (SSSR count). The Hall–Kier alpha value is -3.93. The van der Waals surface area contributed by atoms with E-state index in [0.717, 1.165) is 103 Å². The zero-order valence-electron chi connectivity index (χ0n) is 39.8. The summed E-state index contributed by atoms with van der Waals surface area (Å²) < 4.78 is 16.6. The van der Waals surface area contributed by atoms with Crippen LogP contribution in [0.4, 0.5) is 0 Å². The van der Waals surface area contributed by atoms with Crippen LogP contribution in [0.3, 0.4) is 0 Å². The molecule has 0 aliphatic carbocycles. The third-order valence-electron chi connectivity index (χ3n) is 10.0. The molecule has 0 N–H and O–H groups in total. The third-order valence-corrected chi connectivity index (χ3v) is 10.0. The van der Waals surface area contributed by atoms with Gasteiger partial charge in [0.1, 0.15) is 13.2 Å². The predicted octanol–water partition coefficient (Wildman–Crippen LogP) is 16.4. The van der Waals surface area contributed by atoms with Crippen molar-refractivity contribution in [2.24, 2.45) is 0 Å². The molecule has 6 nitrogen and oxygen atoms in total. The van der Waals surface area contributed by atoms with E-state index in [4.69, 9.17) is 14.2 Å². The van der Waals surface area contributed by atoms with Crippen molar-refractivity contribution in [3.05, 3.63) is 109 Å². The van der Waals surface area contributed by atoms with Crippen LogP contribution in [0.1, 0.15) is 207 Å². The van der Waals surface area contributed by atoms with Gasteiger partial charge in [-0.2, -0.15) is 0 Å². The third kappa shape index (κ3) is 47.1. The maximum Gasteiger partial charge on any atom is 0.306 e. The van der Waals surface area contributed by atoms with Crippen LogP contribution in [0.15, 0.2) is 109 Å². The molecule has 1 unspecified atom stereocenters. The van der Waals surface area contributed by atoms with Gasteiger partial charge in [0.2, 0.25) is 0 Å². The largest absolute Gasteiger partial charge is 0.462 e. The van der Waals surface area contributed by atoms with Crippen LogP contribution >= 0.6 is 0 Å². The Labute approximate surface area is 380 Å². The Morgan fingerprint density at radius 3 is 1.05 bits per heavy atom. The highest BCUT2D eigenvalue weighted by atomic mass is 16.6. The van der Waals surface area contributed by atoms with E-state index in [9.17, 15) is 14.4 Å². The van der Waals surface area contributed by atoms with Crippen molar-refractivity contribution in [1.29, 1.82) is 0 Å². The van der Waals surface area contributed by atoms with Crippen LogP contribution in [-0.4, -0.2) is 37.2 Å². The number of carbonyl (C=O) groups excluding carboxylic acids is 3. The highest BCUT2D eigenvalue weighted by Crippen LogP contribution is 2.13. The molecule has 6 heteroatoms. The lowest BCUT2D eigenvalue weighted by atomic mass is 10.1. The minimum atomic E-state index is -0.815. The quantitative estimate of drug-likeness (QED) is 0.0263. The summed E-state index contributed by atoms with van der Waals surface area (Å²) >= 11 is 0. The van der Waals surface area contributed by atoms with Gasteiger partial charge in [0.25, 0.3) is 0 Å². The summed E-state index contributed by atoms with van der Waals surface area (Å²) in [7, 11) is 0. The Morgan fingerprint density at radius 2 is 0.661 bits per heavy atom. The molecule has 0 radical (unpaired) electrons. The summed E-state index contributed by atoms with van der Waals surface area (Å²) in [6.07, 6.45) is 66.9. The fourth-order valence-corrected chi connectivity index (χ4v) is 6.36. The summed E-state index contributed by atoms with van der Waals surface area (Å²) in [5.74, 6) is -1.02. The first-order chi connectivity index (χ1) is 30.5. The van der Waals surface area contributed by atoms with E-state index in [1.807, 2.05) is 12.2 Å². The molecule has 62 heavy (non-hydrogen) atoms. The van der Waals surface area contributed by atoms with E-state index in [0.29, 0.717) is 19.3 Å². The first-order valence-electron chi connectivity index (χ1n) is 24.9. The minimum absolute atomic E-state index is 0.110. The number of hydrogen-bond acceptors (Lipinski definition) is 6. The highest BCUT2D eigenvalue weighted by Gasteiger charge is 2.19. The molecule has 1 atom stereocenters. The summed E-state index contributed by atoms with van der Waals surface area (Å²) in [5.41, 5.74) is 0. The molecule has 350 valence electrons. The number of hydrogen-bond donors (Lipinski definition) is 0. The number of esters is 3. The second-order valence-corrected chi connectivity index (χ2v) is 16.0. The first-order valence-corrected chi connectivity index (χ1v) is 24.9. The molecule has 0 amide bonds. The SMILES string of the molecule is CC/C=C\C/C=C\C/C=C\C/C=C\C/C=C\CCCCCCCCCCCC(=O)OCC(COC(=O)CCCCCCCC)OC(=O)CC/C=C\C/C=C\C/C=C\C/C=C\CC. The molecular weight excluding hydrogens is 769 g/mol. The average molecular weight is 859 g/mol. The summed E-state index contributed by atoms with van der Waals surface area (Å²) in [6, 6.07) is 0. The average Bonchev–Trinajstić information content (AvgIpc) is 3.27. The number of unbranched alkanes of at least 4 members (excludes halogenated alkanes) is 14. The van der Waals surface area contributed by atoms with Gasteiger partial charge in [0.05, 0.1) is 0 Å². The molecule has 0 saturated carbocycles. The minimum Gasteiger partial charge on any atom is -0.462 e. The van der Waals surface area contributed by atoms with Gasteiger partial charge in [-0.3, -0.25) is 14.4 Å². The van der Waals surface area contributed by atoms with Gasteiger partial charge in [-0.25, -0.2) is 0 Å². The van der Waals surface area contributed by atoms with Gasteiger partial charge in [-0.05, 0) is 89.9 Å². The van der Waals surface area contributed by atoms with Gasteiger partial charge in [0, 0.05) is 19.3 Å². The zero-order valence-corrected chi connectivity index (χ0v) is 39.8. The molecule has 0 bridgehead atoms. The molecule has 0 aliphatic heterocycles. The first kappa shape index (κ1) is 58.1. The van der Waals surface area contributed by atoms with E-state index in [2.05, 4.69) is 118 Å². The van der Waals surface area contributed by atoms with Crippen LogP contribution < -0.4 is 0 Å². The second kappa shape index (κ2) is 49.7. The highest BCUT2D eigenvalue weighted by molar-refractivity contribution is 5.71. The van der Waals surface area contributed by atoms with E-state index in [1.165, 1.54) is 57.8 Å². The number of ether oxygens (including phenoxy) is 3. The van der Waals surface area contributed by atoms with Crippen molar-refractivity contribution in [3.63, 3.8) is 0 Å². The fourth-order valence-electron chi connectivity index (χ4n) is 6.36. The maximum atomic E-state index is 12.7. The maximum absolute atomic E-state index is 12.7. The smallest absolute Gasteiger partial charge is 0.306 e. The van der Waals surface area contributed by atoms with E-state index in [1.54, 1.807) is 0 Å². The molecule has 0 aromatic carbocycles. The summed E-state index contributed by atoms with van der Waals surface area (Å²) in [6.45, 7) is 6.26. The fraction of sp³-hybridized carbons (Fsp3) is 0.625. The molecular formula is C56H90O6. The van der Waals surface area contributed by atoms with Crippen LogP contribution in [-0.2, 0) is 28.6 Å². The van der Waals surface area contributed by atoms with Gasteiger partial charge in [0.15, 0.2) is 6.10 Å². The van der Waals surface area contributed by atoms with Crippen LogP contribution in [0.5, 0.6) is 0 Å². The van der Waals surface area contributed by atoms with Gasteiger partial charge < -0.3 is 14.2 Å². The van der Waals surface area contributed by atoms with Gasteiger partial charge in [-0.15, -0.1) is 0 Å². The van der Waals surface area contributed by atoms with Crippen molar-refractivity contribution in [1.82, 2.24) is 0 Å². The second-order valence-electron chi connectivity index (χ2n) is 16.0. The standard InChI is InChI=1S/C56H90O6/c1-4-7-10-13-16-18-20-22-23-24-25-26-27-28-29-30-31-32-33-35-36-38-40-43-46-49-55(58)61-52-53(51-60-54(57)48-45-42-15-12-9-6-3)62-56(59)50-47-44-41-39-37-34-21-19-17-14-11-8-5-2/h7-8,10-11,16-19,22-23,25-26,28-29,34,37,41,44,53H,4-6,9,12-15,20-21,24,27,30-33,35-36,38-40,42-43,45-52H2,1-3H3/b10-7-,11-8-,18-16-,19-17-,23-22-,26-25-,29-28-,37-34-,44-41-. The lowest BCUT2D eigenvalue weighted by Crippen LogP contribution is -2.30. The molecule has 0 fully saturated rings. The van der Waals surface area contributed by atoms with Crippen molar-refractivity contribution in [2.45, 2.75) is 213 Å². The Kier molecular flexibility index (Phi) is 46.6. The van der Waals surface area contributed by atoms with Crippen molar-refractivity contribution < 1.29 is 28.6 Å². The van der Waals surface area contributed by atoms with E-state index >= 15 is 0 Å². The number of rotatable bonds is 43. The molecule has 0 spiro atoms. The number of carbonyl (C=O) groups is 3. The van der Waals surface area contributed by atoms with E-state index in [-0.39, 0.29) is 31.6 Å². The predicted molar refractivity (Wildman–Crippen MR) is 265 cm³/mol. The van der Waals surface area contributed by atoms with Gasteiger partial charge >= 0.3 is 17.9 Å². The molecule has 0 saturated heterocycles. The van der Waals surface area contributed by atoms with Crippen LogP contribution in [0.25, 0.3) is 0 Å². The van der Waals surface area contributed by atoms with Crippen LogP contribution in [0.2, 0.25) is 0 Å². The molecule has 0 aromatic rings. The Balaban J connectivity index is 4.24. The van der Waals surface area contributed by atoms with E-state index < -0.39 is 12.1 Å². The lowest BCUT2D eigenvalue weighted by Gasteiger charge is -2.18. The topological polar surface area (TPSA) is 78.9 Å². The Bertz CT molecular complexity index is 1310. The van der Waals surface area contributed by atoms with Crippen molar-refractivity contribution in [2.75, 3.05) is 13.2 Å². The monoisotopic (exact) mass is 859 g/mol. The zero-order chi connectivity index (χ0) is 45.1. The van der Waals surface area contributed by atoms with Crippen molar-refractivity contribution >= 4 is 17.9 Å². The number of allylic oxidation sites excluding steroid dienone is 18. The Morgan fingerprint density at radius 1 is 0.339 bits per heavy atom. The van der Waals surface area contributed by atoms with Crippen molar-refractivity contribution in [3.8, 4) is 0 Å². The molecule has 0 aromatic heterocycles.